The van der Waals surface area contributed by atoms with Gasteiger partial charge >= 0.3 is 6.03 Å². The Bertz CT molecular complexity index is 558. The molecular weight excluding hydrogens is 278 g/mol. The van der Waals surface area contributed by atoms with Crippen molar-refractivity contribution in [2.75, 3.05) is 18.0 Å². The molecule has 1 atom stereocenters. The number of nitrogens with zero attached hydrogens (tertiary/aromatic N) is 3. The summed E-state index contributed by atoms with van der Waals surface area (Å²) < 4.78 is 4.34. The third kappa shape index (κ3) is 2.13. The van der Waals surface area contributed by atoms with Crippen LogP contribution in [0, 0.1) is 0 Å². The van der Waals surface area contributed by atoms with Gasteiger partial charge in [0.1, 0.15) is 11.4 Å². The van der Waals surface area contributed by atoms with Crippen LogP contribution in [-0.2, 0) is 4.79 Å². The van der Waals surface area contributed by atoms with Gasteiger partial charge < -0.3 is 10.2 Å². The Hall–Kier alpha value is -1.70. The number of urea groups is 1. The predicted molar refractivity (Wildman–Crippen MR) is 74.9 cm³/mol. The summed E-state index contributed by atoms with van der Waals surface area (Å²) in [5.41, 5.74) is -0.807. The Morgan fingerprint density at radius 1 is 1.40 bits per heavy atom. The third-order valence-electron chi connectivity index (χ3n) is 3.72. The number of hydrogen-bond donors (Lipinski definition) is 2. The SMILES string of the molecule is CC(C)c1nsc(N2CCCC3(C2)NC(=O)NC3=O)n1. The molecule has 3 rings (SSSR count). The number of aromatic nitrogens is 2. The standard InChI is InChI=1S/C12H17N5O2S/c1-7(2)8-13-11(20-16-8)17-5-3-4-12(6-17)9(18)14-10(19)15-12/h7H,3-6H2,1-2H3,(H2,14,15,18,19). The van der Waals surface area contributed by atoms with E-state index in [1.54, 1.807) is 0 Å². The molecule has 1 spiro atoms. The molecule has 2 fully saturated rings. The van der Waals surface area contributed by atoms with Gasteiger partial charge in [0.15, 0.2) is 0 Å². The van der Waals surface area contributed by atoms with Crippen molar-refractivity contribution >= 4 is 28.6 Å². The van der Waals surface area contributed by atoms with Crippen molar-refractivity contribution in [2.24, 2.45) is 0 Å². The van der Waals surface area contributed by atoms with E-state index >= 15 is 0 Å². The maximum Gasteiger partial charge on any atom is 0.322 e. The van der Waals surface area contributed by atoms with E-state index in [9.17, 15) is 9.59 Å². The molecule has 2 saturated heterocycles. The lowest BCUT2D eigenvalue weighted by Gasteiger charge is -2.37. The highest BCUT2D eigenvalue weighted by atomic mass is 32.1. The fourth-order valence-electron chi connectivity index (χ4n) is 2.62. The molecule has 0 aliphatic carbocycles. The zero-order valence-corrected chi connectivity index (χ0v) is 12.3. The van der Waals surface area contributed by atoms with Gasteiger partial charge in [0, 0.05) is 24.0 Å². The maximum atomic E-state index is 12.0. The number of carbonyl (C=O) groups excluding carboxylic acids is 2. The smallest absolute Gasteiger partial charge is 0.322 e. The summed E-state index contributed by atoms with van der Waals surface area (Å²) in [5.74, 6) is 0.874. The van der Waals surface area contributed by atoms with Crippen molar-refractivity contribution in [3.63, 3.8) is 0 Å². The number of hydrogen-bond acceptors (Lipinski definition) is 6. The molecule has 108 valence electrons. The van der Waals surface area contributed by atoms with E-state index in [4.69, 9.17) is 0 Å². The molecule has 0 saturated carbocycles. The molecule has 1 aromatic rings. The average molecular weight is 295 g/mol. The highest BCUT2D eigenvalue weighted by Gasteiger charge is 2.49. The Labute approximate surface area is 120 Å². The number of carbonyl (C=O) groups is 2. The van der Waals surface area contributed by atoms with Crippen LogP contribution in [-0.4, -0.2) is 39.9 Å². The number of anilines is 1. The number of rotatable bonds is 2. The van der Waals surface area contributed by atoms with Gasteiger partial charge in [-0.25, -0.2) is 9.78 Å². The first kappa shape index (κ1) is 13.3. The highest BCUT2D eigenvalue weighted by molar-refractivity contribution is 7.09. The second-order valence-electron chi connectivity index (χ2n) is 5.61. The first-order valence-corrected chi connectivity index (χ1v) is 7.50. The molecule has 2 aliphatic heterocycles. The minimum absolute atomic E-state index is 0.235. The van der Waals surface area contributed by atoms with E-state index in [0.29, 0.717) is 13.0 Å². The lowest BCUT2D eigenvalue weighted by atomic mass is 9.89. The quantitative estimate of drug-likeness (QED) is 0.790. The van der Waals surface area contributed by atoms with Crippen LogP contribution in [0.5, 0.6) is 0 Å². The van der Waals surface area contributed by atoms with Gasteiger partial charge in [-0.2, -0.15) is 4.37 Å². The first-order valence-electron chi connectivity index (χ1n) is 6.72. The molecule has 8 heteroatoms. The fourth-order valence-corrected chi connectivity index (χ4v) is 3.46. The first-order chi connectivity index (χ1) is 9.50. The van der Waals surface area contributed by atoms with E-state index in [1.165, 1.54) is 11.5 Å². The van der Waals surface area contributed by atoms with Crippen LogP contribution in [0.25, 0.3) is 0 Å². The van der Waals surface area contributed by atoms with Crippen LogP contribution in [0.3, 0.4) is 0 Å². The van der Waals surface area contributed by atoms with Crippen molar-refractivity contribution in [1.29, 1.82) is 0 Å². The summed E-state index contributed by atoms with van der Waals surface area (Å²) in [5, 5.41) is 5.91. The molecule has 1 aromatic heterocycles. The summed E-state index contributed by atoms with van der Waals surface area (Å²) in [4.78, 5) is 29.9. The zero-order valence-electron chi connectivity index (χ0n) is 11.5. The van der Waals surface area contributed by atoms with Gasteiger partial charge in [-0.05, 0) is 12.8 Å². The minimum atomic E-state index is -0.807. The summed E-state index contributed by atoms with van der Waals surface area (Å²) >= 11 is 1.35. The molecule has 3 amide bonds. The van der Waals surface area contributed by atoms with E-state index in [2.05, 4.69) is 20.0 Å². The van der Waals surface area contributed by atoms with Crippen LogP contribution in [0.2, 0.25) is 0 Å². The van der Waals surface area contributed by atoms with E-state index < -0.39 is 11.6 Å². The van der Waals surface area contributed by atoms with Crippen LogP contribution in [0.1, 0.15) is 38.4 Å². The number of nitrogens with one attached hydrogen (secondary N) is 2. The number of piperidine rings is 1. The third-order valence-corrected chi connectivity index (χ3v) is 4.52. The van der Waals surface area contributed by atoms with Gasteiger partial charge in [0.25, 0.3) is 5.91 Å². The fraction of sp³-hybridized carbons (Fsp3) is 0.667. The van der Waals surface area contributed by atoms with Crippen molar-refractivity contribution in [3.05, 3.63) is 5.82 Å². The van der Waals surface area contributed by atoms with Crippen LogP contribution >= 0.6 is 11.5 Å². The summed E-state index contributed by atoms with van der Waals surface area (Å²) in [7, 11) is 0. The van der Waals surface area contributed by atoms with E-state index in [0.717, 1.165) is 23.9 Å². The molecule has 0 aromatic carbocycles. The molecule has 2 aliphatic rings. The summed E-state index contributed by atoms with van der Waals surface area (Å²) in [6.45, 7) is 5.39. The molecule has 7 nitrogen and oxygen atoms in total. The van der Waals surface area contributed by atoms with Crippen LogP contribution in [0.4, 0.5) is 9.93 Å². The molecular formula is C12H17N5O2S. The molecule has 20 heavy (non-hydrogen) atoms. The highest BCUT2D eigenvalue weighted by Crippen LogP contribution is 2.30. The molecule has 2 N–H and O–H groups in total. The Balaban J connectivity index is 1.81. The second kappa shape index (κ2) is 4.69. The van der Waals surface area contributed by atoms with Crippen LogP contribution in [0.15, 0.2) is 0 Å². The lowest BCUT2D eigenvalue weighted by molar-refractivity contribution is -0.124. The Kier molecular flexibility index (Phi) is 3.12. The monoisotopic (exact) mass is 295 g/mol. The van der Waals surface area contributed by atoms with Crippen LogP contribution < -0.4 is 15.5 Å². The summed E-state index contributed by atoms with van der Waals surface area (Å²) in [6, 6.07) is -0.406. The topological polar surface area (TPSA) is 87.2 Å². The van der Waals surface area contributed by atoms with Crippen molar-refractivity contribution in [3.8, 4) is 0 Å². The number of imide groups is 1. The average Bonchev–Trinajstić information content (AvgIpc) is 2.96. The van der Waals surface area contributed by atoms with E-state index in [1.807, 2.05) is 18.7 Å². The van der Waals surface area contributed by atoms with Gasteiger partial charge in [-0.15, -0.1) is 0 Å². The van der Waals surface area contributed by atoms with Crippen molar-refractivity contribution in [1.82, 2.24) is 20.0 Å². The van der Waals surface area contributed by atoms with Gasteiger partial charge in [-0.1, -0.05) is 13.8 Å². The van der Waals surface area contributed by atoms with Gasteiger partial charge in [0.2, 0.25) is 5.13 Å². The molecule has 0 radical (unpaired) electrons. The lowest BCUT2D eigenvalue weighted by Crippen LogP contribution is -2.58. The zero-order chi connectivity index (χ0) is 14.3. The second-order valence-corrected chi connectivity index (χ2v) is 6.34. The molecule has 3 heterocycles. The normalized spacial score (nSPS) is 26.2. The molecule has 0 bridgehead atoms. The minimum Gasteiger partial charge on any atom is -0.344 e. The number of amides is 3. The largest absolute Gasteiger partial charge is 0.344 e. The Morgan fingerprint density at radius 3 is 2.80 bits per heavy atom. The Morgan fingerprint density at radius 2 is 2.20 bits per heavy atom. The van der Waals surface area contributed by atoms with E-state index in [-0.39, 0.29) is 11.8 Å². The summed E-state index contributed by atoms with van der Waals surface area (Å²) in [6.07, 6.45) is 1.50. The predicted octanol–water partition coefficient (Wildman–Crippen LogP) is 0.840. The van der Waals surface area contributed by atoms with Crippen molar-refractivity contribution in [2.45, 2.75) is 38.1 Å². The molecule has 1 unspecified atom stereocenters. The van der Waals surface area contributed by atoms with Gasteiger partial charge in [-0.3, -0.25) is 10.1 Å². The van der Waals surface area contributed by atoms with Gasteiger partial charge in [0.05, 0.1) is 6.54 Å². The maximum absolute atomic E-state index is 12.0. The van der Waals surface area contributed by atoms with Crippen molar-refractivity contribution < 1.29 is 9.59 Å².